The fraction of sp³-hybridized carbons (Fsp3) is 0.100. The molecule has 0 spiro atoms. The Kier molecular flexibility index (Phi) is 2.10. The van der Waals surface area contributed by atoms with Crippen LogP contribution < -0.4 is 5.43 Å². The van der Waals surface area contributed by atoms with Crippen LogP contribution in [-0.4, -0.2) is 15.2 Å². The van der Waals surface area contributed by atoms with Crippen molar-refractivity contribution in [2.75, 3.05) is 0 Å². The van der Waals surface area contributed by atoms with Crippen molar-refractivity contribution in [1.29, 1.82) is 0 Å². The van der Waals surface area contributed by atoms with E-state index >= 15 is 0 Å². The van der Waals surface area contributed by atoms with Gasteiger partial charge in [-0.3, -0.25) is 14.9 Å². The largest absolute Gasteiger partial charge is 0.287 e. The Morgan fingerprint density at radius 2 is 2.21 bits per heavy atom. The smallest absolute Gasteiger partial charge is 0.209 e. The zero-order valence-electron chi connectivity index (χ0n) is 7.69. The predicted octanol–water partition coefficient (Wildman–Crippen LogP) is 1.14. The molecule has 0 fully saturated rings. The first-order chi connectivity index (χ1) is 6.77. The molecule has 1 N–H and O–H groups in total. The lowest BCUT2D eigenvalue weighted by Gasteiger charge is -1.98. The molecule has 0 aliphatic heterocycles. The number of hydrogen-bond acceptors (Lipinski definition) is 3. The quantitative estimate of drug-likeness (QED) is 0.728. The summed E-state index contributed by atoms with van der Waals surface area (Å²) >= 11 is 0. The molecule has 0 amide bonds. The van der Waals surface area contributed by atoms with Gasteiger partial charge < -0.3 is 0 Å². The third kappa shape index (κ3) is 1.54. The molecule has 0 bridgehead atoms. The monoisotopic (exact) mass is 187 g/mol. The second-order valence-electron chi connectivity index (χ2n) is 2.98. The number of rotatable bonds is 1. The van der Waals surface area contributed by atoms with Crippen molar-refractivity contribution in [3.05, 3.63) is 46.4 Å². The van der Waals surface area contributed by atoms with Crippen molar-refractivity contribution >= 4 is 0 Å². The van der Waals surface area contributed by atoms with E-state index in [2.05, 4.69) is 15.2 Å². The minimum atomic E-state index is -0.111. The van der Waals surface area contributed by atoms with Crippen molar-refractivity contribution in [2.45, 2.75) is 6.92 Å². The predicted molar refractivity (Wildman–Crippen MR) is 52.8 cm³/mol. The second-order valence-corrected chi connectivity index (χ2v) is 2.98. The Labute approximate surface area is 80.6 Å². The van der Waals surface area contributed by atoms with Gasteiger partial charge >= 0.3 is 0 Å². The molecular weight excluding hydrogens is 178 g/mol. The molecule has 2 heterocycles. The summed E-state index contributed by atoms with van der Waals surface area (Å²) in [6.45, 7) is 1.79. The average molecular weight is 187 g/mol. The van der Waals surface area contributed by atoms with Crippen LogP contribution in [0.4, 0.5) is 0 Å². The van der Waals surface area contributed by atoms with Crippen LogP contribution in [0.25, 0.3) is 11.4 Å². The molecule has 0 aromatic carbocycles. The normalized spacial score (nSPS) is 10.1. The van der Waals surface area contributed by atoms with Crippen LogP contribution in [0.5, 0.6) is 0 Å². The summed E-state index contributed by atoms with van der Waals surface area (Å²) < 4.78 is 0. The van der Waals surface area contributed by atoms with Gasteiger partial charge in [0.1, 0.15) is 0 Å². The number of pyridine rings is 1. The van der Waals surface area contributed by atoms with Gasteiger partial charge in [-0.1, -0.05) is 6.07 Å². The molecule has 0 radical (unpaired) electrons. The third-order valence-corrected chi connectivity index (χ3v) is 1.83. The number of aryl methyl sites for hydroxylation is 1. The highest BCUT2D eigenvalue weighted by Crippen LogP contribution is 2.06. The summed E-state index contributed by atoms with van der Waals surface area (Å²) in [5.74, 6) is 0. The van der Waals surface area contributed by atoms with Crippen LogP contribution in [-0.2, 0) is 0 Å². The molecule has 14 heavy (non-hydrogen) atoms. The molecule has 0 saturated carbocycles. The lowest BCUT2D eigenvalue weighted by atomic mass is 10.2. The Bertz CT molecular complexity index is 490. The lowest BCUT2D eigenvalue weighted by Crippen LogP contribution is -2.09. The Morgan fingerprint density at radius 1 is 1.36 bits per heavy atom. The SMILES string of the molecule is Cc1cc(=O)c(-c2ccccn2)n[nH]1. The molecule has 0 aliphatic rings. The van der Waals surface area contributed by atoms with Gasteiger partial charge in [-0.25, -0.2) is 0 Å². The maximum absolute atomic E-state index is 11.5. The molecule has 70 valence electrons. The topological polar surface area (TPSA) is 58.6 Å². The van der Waals surface area contributed by atoms with E-state index in [1.807, 2.05) is 6.07 Å². The maximum atomic E-state index is 11.5. The van der Waals surface area contributed by atoms with Gasteiger partial charge in [-0.2, -0.15) is 5.10 Å². The zero-order valence-corrected chi connectivity index (χ0v) is 7.69. The molecule has 4 nitrogen and oxygen atoms in total. The van der Waals surface area contributed by atoms with Gasteiger partial charge in [0.25, 0.3) is 0 Å². The number of nitrogens with zero attached hydrogens (tertiary/aromatic N) is 2. The fourth-order valence-electron chi connectivity index (χ4n) is 1.18. The molecule has 2 aromatic rings. The van der Waals surface area contributed by atoms with E-state index in [1.165, 1.54) is 6.07 Å². The van der Waals surface area contributed by atoms with Crippen LogP contribution in [0.1, 0.15) is 5.69 Å². The van der Waals surface area contributed by atoms with E-state index in [-0.39, 0.29) is 5.43 Å². The summed E-state index contributed by atoms with van der Waals surface area (Å²) in [6.07, 6.45) is 1.64. The van der Waals surface area contributed by atoms with Crippen molar-refractivity contribution in [1.82, 2.24) is 15.2 Å². The molecule has 0 atom stereocenters. The lowest BCUT2D eigenvalue weighted by molar-refractivity contribution is 0.969. The van der Waals surface area contributed by atoms with E-state index in [1.54, 1.807) is 25.3 Å². The number of aromatic amines is 1. The fourth-order valence-corrected chi connectivity index (χ4v) is 1.18. The van der Waals surface area contributed by atoms with Crippen molar-refractivity contribution in [3.8, 4) is 11.4 Å². The van der Waals surface area contributed by atoms with E-state index in [4.69, 9.17) is 0 Å². The van der Waals surface area contributed by atoms with Gasteiger partial charge in [0.05, 0.1) is 5.69 Å². The minimum Gasteiger partial charge on any atom is -0.287 e. The Morgan fingerprint density at radius 3 is 2.86 bits per heavy atom. The summed E-state index contributed by atoms with van der Waals surface area (Å²) in [5.41, 5.74) is 1.58. The molecule has 2 aromatic heterocycles. The van der Waals surface area contributed by atoms with Crippen LogP contribution in [0, 0.1) is 6.92 Å². The first-order valence-electron chi connectivity index (χ1n) is 4.25. The Hall–Kier alpha value is -1.97. The highest BCUT2D eigenvalue weighted by atomic mass is 16.1. The van der Waals surface area contributed by atoms with E-state index in [0.717, 1.165) is 5.69 Å². The van der Waals surface area contributed by atoms with Crippen molar-refractivity contribution in [3.63, 3.8) is 0 Å². The minimum absolute atomic E-state index is 0.111. The van der Waals surface area contributed by atoms with E-state index in [9.17, 15) is 4.79 Å². The molecule has 2 rings (SSSR count). The van der Waals surface area contributed by atoms with Crippen LogP contribution in [0.15, 0.2) is 35.3 Å². The summed E-state index contributed by atoms with van der Waals surface area (Å²) in [7, 11) is 0. The Balaban J connectivity index is 2.59. The van der Waals surface area contributed by atoms with E-state index < -0.39 is 0 Å². The maximum Gasteiger partial charge on any atom is 0.209 e. The van der Waals surface area contributed by atoms with Crippen LogP contribution in [0.2, 0.25) is 0 Å². The van der Waals surface area contributed by atoms with Crippen molar-refractivity contribution < 1.29 is 0 Å². The highest BCUT2D eigenvalue weighted by molar-refractivity contribution is 5.52. The van der Waals surface area contributed by atoms with Gasteiger partial charge in [0.15, 0.2) is 5.69 Å². The second kappa shape index (κ2) is 3.41. The summed E-state index contributed by atoms with van der Waals surface area (Å²) in [4.78, 5) is 15.6. The van der Waals surface area contributed by atoms with Gasteiger partial charge in [0.2, 0.25) is 5.43 Å². The molecule has 4 heteroatoms. The average Bonchev–Trinajstić information content (AvgIpc) is 2.19. The number of nitrogens with one attached hydrogen (secondary N) is 1. The zero-order chi connectivity index (χ0) is 9.97. The number of hydrogen-bond donors (Lipinski definition) is 1. The van der Waals surface area contributed by atoms with Gasteiger partial charge in [0, 0.05) is 18.0 Å². The molecular formula is C10H9N3O. The standard InChI is InChI=1S/C10H9N3O/c1-7-6-9(14)10(13-12-7)8-4-2-3-5-11-8/h2-6H,1H3,(H,12,14). The van der Waals surface area contributed by atoms with Gasteiger partial charge in [-0.15, -0.1) is 0 Å². The summed E-state index contributed by atoms with van der Waals surface area (Å²) in [5, 5.41) is 6.70. The van der Waals surface area contributed by atoms with Gasteiger partial charge in [-0.05, 0) is 19.1 Å². The molecule has 0 aliphatic carbocycles. The van der Waals surface area contributed by atoms with E-state index in [0.29, 0.717) is 11.4 Å². The summed E-state index contributed by atoms with van der Waals surface area (Å²) in [6, 6.07) is 6.89. The number of H-pyrrole nitrogens is 1. The molecule has 0 saturated heterocycles. The highest BCUT2D eigenvalue weighted by Gasteiger charge is 2.04. The first-order valence-corrected chi connectivity index (χ1v) is 4.25. The molecule has 0 unspecified atom stereocenters. The van der Waals surface area contributed by atoms with Crippen LogP contribution in [0.3, 0.4) is 0 Å². The first kappa shape index (κ1) is 8.62. The third-order valence-electron chi connectivity index (χ3n) is 1.83. The van der Waals surface area contributed by atoms with Crippen molar-refractivity contribution in [2.24, 2.45) is 0 Å². The number of aromatic nitrogens is 3. The van der Waals surface area contributed by atoms with Crippen LogP contribution >= 0.6 is 0 Å².